The maximum absolute atomic E-state index is 12.9. The summed E-state index contributed by atoms with van der Waals surface area (Å²) >= 11 is 0. The fraction of sp³-hybridized carbons (Fsp3) is 0.800. The zero-order valence-corrected chi connectivity index (χ0v) is 15.4. The molecule has 5 rings (SSSR count). The van der Waals surface area contributed by atoms with Crippen molar-refractivity contribution < 1.29 is 9.32 Å². The van der Waals surface area contributed by atoms with E-state index >= 15 is 0 Å². The van der Waals surface area contributed by atoms with E-state index in [1.54, 1.807) is 0 Å². The fourth-order valence-corrected chi connectivity index (χ4v) is 6.19. The van der Waals surface area contributed by atoms with Crippen molar-refractivity contribution in [3.8, 4) is 0 Å². The van der Waals surface area contributed by atoms with Gasteiger partial charge in [0.25, 0.3) is 5.91 Å². The van der Waals surface area contributed by atoms with Gasteiger partial charge in [-0.25, -0.2) is 0 Å². The molecule has 0 radical (unpaired) electrons. The Balaban J connectivity index is 1.53. The monoisotopic (exact) mass is 330 g/mol. The van der Waals surface area contributed by atoms with Crippen LogP contribution in [0.15, 0.2) is 4.52 Å². The van der Waals surface area contributed by atoms with Crippen molar-refractivity contribution in [3.63, 3.8) is 0 Å². The molecule has 0 saturated heterocycles. The lowest BCUT2D eigenvalue weighted by molar-refractivity contribution is -0.0688. The summed E-state index contributed by atoms with van der Waals surface area (Å²) in [4.78, 5) is 12.9. The van der Waals surface area contributed by atoms with Crippen LogP contribution in [0.25, 0.3) is 0 Å². The molecule has 1 aromatic heterocycles. The molecule has 4 fully saturated rings. The number of rotatable bonds is 4. The second-order valence-electron chi connectivity index (χ2n) is 9.14. The Kier molecular flexibility index (Phi) is 3.77. The highest BCUT2D eigenvalue weighted by atomic mass is 16.5. The molecule has 4 aliphatic rings. The second kappa shape index (κ2) is 5.60. The summed E-state index contributed by atoms with van der Waals surface area (Å²) < 4.78 is 5.40. The molecule has 4 aliphatic carbocycles. The molecule has 1 N–H and O–H groups in total. The van der Waals surface area contributed by atoms with Gasteiger partial charge in [-0.05, 0) is 75.5 Å². The van der Waals surface area contributed by atoms with Gasteiger partial charge in [-0.2, -0.15) is 0 Å². The van der Waals surface area contributed by atoms with Crippen molar-refractivity contribution in [1.29, 1.82) is 0 Å². The zero-order valence-electron chi connectivity index (χ0n) is 15.4. The maximum atomic E-state index is 12.9. The van der Waals surface area contributed by atoms with Gasteiger partial charge >= 0.3 is 0 Å². The summed E-state index contributed by atoms with van der Waals surface area (Å²) in [7, 11) is 0. The first-order chi connectivity index (χ1) is 11.4. The van der Waals surface area contributed by atoms with E-state index in [1.165, 1.54) is 38.5 Å². The molecule has 0 spiro atoms. The van der Waals surface area contributed by atoms with Gasteiger partial charge in [0.05, 0.1) is 5.69 Å². The van der Waals surface area contributed by atoms with Crippen molar-refractivity contribution in [2.24, 2.45) is 23.2 Å². The van der Waals surface area contributed by atoms with Gasteiger partial charge in [-0.3, -0.25) is 4.79 Å². The third kappa shape index (κ3) is 2.49. The lowest BCUT2D eigenvalue weighted by Crippen LogP contribution is -2.55. The smallest absolute Gasteiger partial charge is 0.257 e. The molecule has 24 heavy (non-hydrogen) atoms. The molecule has 1 atom stereocenters. The molecule has 4 bridgehead atoms. The molecule has 1 heterocycles. The van der Waals surface area contributed by atoms with Gasteiger partial charge in [0.2, 0.25) is 0 Å². The first kappa shape index (κ1) is 16.2. The van der Waals surface area contributed by atoms with Crippen molar-refractivity contribution >= 4 is 5.91 Å². The van der Waals surface area contributed by atoms with Crippen LogP contribution in [-0.4, -0.2) is 17.1 Å². The molecule has 1 amide bonds. The minimum absolute atomic E-state index is 0.000644. The van der Waals surface area contributed by atoms with Crippen LogP contribution in [0, 0.1) is 30.1 Å². The Morgan fingerprint density at radius 3 is 2.17 bits per heavy atom. The van der Waals surface area contributed by atoms with E-state index in [-0.39, 0.29) is 17.9 Å². The van der Waals surface area contributed by atoms with Crippen LogP contribution in [0.3, 0.4) is 0 Å². The van der Waals surface area contributed by atoms with Crippen molar-refractivity contribution in [2.45, 2.75) is 78.2 Å². The highest BCUT2D eigenvalue weighted by Crippen LogP contribution is 2.61. The number of nitrogens with zero attached hydrogens (tertiary/aromatic N) is 1. The topological polar surface area (TPSA) is 55.1 Å². The van der Waals surface area contributed by atoms with Crippen LogP contribution in [0.5, 0.6) is 0 Å². The second-order valence-corrected chi connectivity index (χ2v) is 9.14. The number of aromatic nitrogens is 1. The van der Waals surface area contributed by atoms with Gasteiger partial charge in [0.15, 0.2) is 5.76 Å². The summed E-state index contributed by atoms with van der Waals surface area (Å²) in [6.07, 6.45) is 8.22. The predicted octanol–water partition coefficient (Wildman–Crippen LogP) is 4.44. The number of aryl methyl sites for hydroxylation is 1. The Hall–Kier alpha value is -1.32. The van der Waals surface area contributed by atoms with Gasteiger partial charge < -0.3 is 9.84 Å². The fourth-order valence-electron chi connectivity index (χ4n) is 6.19. The number of amides is 1. The van der Waals surface area contributed by atoms with E-state index in [4.69, 9.17) is 4.52 Å². The van der Waals surface area contributed by atoms with Gasteiger partial charge in [-0.15, -0.1) is 0 Å². The molecule has 4 nitrogen and oxygen atoms in total. The van der Waals surface area contributed by atoms with Crippen LogP contribution in [0.1, 0.15) is 87.0 Å². The van der Waals surface area contributed by atoms with E-state index in [9.17, 15) is 4.79 Å². The average Bonchev–Trinajstić information content (AvgIpc) is 2.87. The molecule has 0 aromatic carbocycles. The summed E-state index contributed by atoms with van der Waals surface area (Å²) in [6, 6.07) is 0.229. The van der Waals surface area contributed by atoms with E-state index < -0.39 is 0 Å². The molecule has 132 valence electrons. The molecule has 4 heteroatoms. The van der Waals surface area contributed by atoms with E-state index in [0.717, 1.165) is 17.8 Å². The minimum atomic E-state index is 0.000644. The van der Waals surface area contributed by atoms with Crippen LogP contribution >= 0.6 is 0 Å². The summed E-state index contributed by atoms with van der Waals surface area (Å²) in [5, 5.41) is 7.36. The normalized spacial score (nSPS) is 35.5. The third-order valence-corrected chi connectivity index (χ3v) is 6.99. The average molecular weight is 330 g/mol. The van der Waals surface area contributed by atoms with E-state index in [2.05, 4.69) is 17.4 Å². The number of carbonyl (C=O) groups is 1. The summed E-state index contributed by atoms with van der Waals surface area (Å²) in [5.74, 6) is 3.59. The number of hydrogen-bond donors (Lipinski definition) is 1. The molecule has 0 aliphatic heterocycles. The van der Waals surface area contributed by atoms with Gasteiger partial charge in [-0.1, -0.05) is 19.0 Å². The Morgan fingerprint density at radius 1 is 1.12 bits per heavy atom. The molecular weight excluding hydrogens is 300 g/mol. The lowest BCUT2D eigenvalue weighted by atomic mass is 9.48. The first-order valence-corrected chi connectivity index (χ1v) is 9.65. The highest BCUT2D eigenvalue weighted by Gasteiger charge is 2.53. The maximum Gasteiger partial charge on any atom is 0.257 e. The predicted molar refractivity (Wildman–Crippen MR) is 92.9 cm³/mol. The van der Waals surface area contributed by atoms with Crippen LogP contribution in [0.4, 0.5) is 0 Å². The minimum Gasteiger partial charge on any atom is -0.360 e. The van der Waals surface area contributed by atoms with Crippen LogP contribution < -0.4 is 5.32 Å². The molecule has 1 aromatic rings. The van der Waals surface area contributed by atoms with Crippen LogP contribution in [0.2, 0.25) is 0 Å². The third-order valence-electron chi connectivity index (χ3n) is 6.99. The van der Waals surface area contributed by atoms with Gasteiger partial charge in [0.1, 0.15) is 5.56 Å². The standard InChI is InChI=1S/C20H30N2O2/c1-11(2)18-17(12(3)22-24-18)19(23)21-13(4)20-8-14-5-15(9-20)7-16(6-14)10-20/h11,13-16H,5-10H2,1-4H3,(H,21,23)/t13-,14?,15?,16?,20?/m1/s1. The Labute approximate surface area is 144 Å². The Morgan fingerprint density at radius 2 is 1.67 bits per heavy atom. The first-order valence-electron chi connectivity index (χ1n) is 9.65. The zero-order chi connectivity index (χ0) is 17.1. The van der Waals surface area contributed by atoms with Crippen molar-refractivity contribution in [2.75, 3.05) is 0 Å². The Bertz CT molecular complexity index is 611. The number of carbonyl (C=O) groups excluding carboxylic acids is 1. The van der Waals surface area contributed by atoms with E-state index in [1.807, 2.05) is 20.8 Å². The lowest BCUT2D eigenvalue weighted by Gasteiger charge is -2.59. The molecule has 4 saturated carbocycles. The summed E-state index contributed by atoms with van der Waals surface area (Å²) in [5.41, 5.74) is 1.68. The molecular formula is C20H30N2O2. The largest absolute Gasteiger partial charge is 0.360 e. The highest BCUT2D eigenvalue weighted by molar-refractivity contribution is 5.96. The number of nitrogens with one attached hydrogen (secondary N) is 1. The quantitative estimate of drug-likeness (QED) is 0.888. The summed E-state index contributed by atoms with van der Waals surface area (Å²) in [6.45, 7) is 8.17. The van der Waals surface area contributed by atoms with Crippen molar-refractivity contribution in [3.05, 3.63) is 17.0 Å². The number of hydrogen-bond acceptors (Lipinski definition) is 3. The van der Waals surface area contributed by atoms with Crippen LogP contribution in [-0.2, 0) is 0 Å². The molecule has 0 unspecified atom stereocenters. The SMILES string of the molecule is Cc1noc(C(C)C)c1C(=O)N[C@H](C)C12CC3CC(CC(C3)C1)C2. The van der Waals surface area contributed by atoms with Gasteiger partial charge in [0, 0.05) is 12.0 Å². The van der Waals surface area contributed by atoms with E-state index in [0.29, 0.717) is 22.4 Å². The van der Waals surface area contributed by atoms with Crippen molar-refractivity contribution in [1.82, 2.24) is 10.5 Å².